The molecular formula is C11H14N4. The molecule has 0 spiro atoms. The molecule has 15 heavy (non-hydrogen) atoms. The Labute approximate surface area is 88.3 Å². The Bertz CT molecular complexity index is 482. The van der Waals surface area contributed by atoms with Gasteiger partial charge in [0.1, 0.15) is 5.82 Å². The summed E-state index contributed by atoms with van der Waals surface area (Å²) in [6.07, 6.45) is 1.16. The van der Waals surface area contributed by atoms with Crippen molar-refractivity contribution >= 4 is 5.65 Å². The fraction of sp³-hybridized carbons (Fsp3) is 0.455. The number of rotatable bonds is 1. The molecule has 1 fully saturated rings. The third-order valence-electron chi connectivity index (χ3n) is 3.07. The largest absolute Gasteiger partial charge is 0.316 e. The lowest BCUT2D eigenvalue weighted by Crippen LogP contribution is -2.10. The SMILES string of the molecule is Cc1cccc2nnc(C3CCNC3)n12. The summed E-state index contributed by atoms with van der Waals surface area (Å²) in [4.78, 5) is 0. The van der Waals surface area contributed by atoms with Crippen LogP contribution in [0.15, 0.2) is 18.2 Å². The lowest BCUT2D eigenvalue weighted by molar-refractivity contribution is 0.687. The molecular weight excluding hydrogens is 188 g/mol. The highest BCUT2D eigenvalue weighted by Gasteiger charge is 2.22. The molecule has 4 heteroatoms. The summed E-state index contributed by atoms with van der Waals surface area (Å²) < 4.78 is 2.16. The Morgan fingerprint density at radius 2 is 2.33 bits per heavy atom. The number of nitrogens with zero attached hydrogens (tertiary/aromatic N) is 3. The molecule has 3 heterocycles. The van der Waals surface area contributed by atoms with Crippen molar-refractivity contribution in [3.8, 4) is 0 Å². The molecule has 0 saturated carbocycles. The fourth-order valence-corrected chi connectivity index (χ4v) is 2.27. The van der Waals surface area contributed by atoms with E-state index in [-0.39, 0.29) is 0 Å². The molecule has 0 bridgehead atoms. The van der Waals surface area contributed by atoms with E-state index < -0.39 is 0 Å². The molecule has 78 valence electrons. The molecule has 1 aliphatic rings. The quantitative estimate of drug-likeness (QED) is 0.753. The molecule has 1 atom stereocenters. The van der Waals surface area contributed by atoms with Crippen LogP contribution in [0.2, 0.25) is 0 Å². The van der Waals surface area contributed by atoms with Crippen molar-refractivity contribution in [3.05, 3.63) is 29.7 Å². The molecule has 1 unspecified atom stereocenters. The van der Waals surface area contributed by atoms with Crippen molar-refractivity contribution in [2.75, 3.05) is 13.1 Å². The average Bonchev–Trinajstić information content (AvgIpc) is 2.85. The number of hydrogen-bond acceptors (Lipinski definition) is 3. The van der Waals surface area contributed by atoms with Gasteiger partial charge in [-0.3, -0.25) is 4.40 Å². The van der Waals surface area contributed by atoms with Crippen LogP contribution in [0.3, 0.4) is 0 Å². The van der Waals surface area contributed by atoms with Gasteiger partial charge in [-0.15, -0.1) is 10.2 Å². The number of hydrogen-bond donors (Lipinski definition) is 1. The smallest absolute Gasteiger partial charge is 0.160 e. The minimum atomic E-state index is 0.515. The Hall–Kier alpha value is -1.42. The lowest BCUT2D eigenvalue weighted by Gasteiger charge is -2.07. The number of fused-ring (bicyclic) bond motifs is 1. The van der Waals surface area contributed by atoms with Gasteiger partial charge in [0.25, 0.3) is 0 Å². The summed E-state index contributed by atoms with van der Waals surface area (Å²) in [6, 6.07) is 6.13. The van der Waals surface area contributed by atoms with Gasteiger partial charge in [-0.1, -0.05) is 6.07 Å². The third kappa shape index (κ3) is 1.33. The average molecular weight is 202 g/mol. The highest BCUT2D eigenvalue weighted by atomic mass is 15.3. The standard InChI is InChI=1S/C11H14N4/c1-8-3-2-4-10-13-14-11(15(8)10)9-5-6-12-7-9/h2-4,9,12H,5-7H2,1H3. The number of aromatic nitrogens is 3. The maximum atomic E-state index is 4.31. The second-order valence-corrected chi connectivity index (χ2v) is 4.11. The normalized spacial score (nSPS) is 21.3. The molecule has 1 saturated heterocycles. The van der Waals surface area contributed by atoms with Gasteiger partial charge >= 0.3 is 0 Å². The van der Waals surface area contributed by atoms with E-state index in [1.807, 2.05) is 12.1 Å². The summed E-state index contributed by atoms with van der Waals surface area (Å²) >= 11 is 0. The zero-order valence-corrected chi connectivity index (χ0v) is 8.77. The van der Waals surface area contributed by atoms with Crippen molar-refractivity contribution in [2.45, 2.75) is 19.3 Å². The zero-order chi connectivity index (χ0) is 10.3. The number of aryl methyl sites for hydroxylation is 1. The molecule has 2 aromatic rings. The van der Waals surface area contributed by atoms with Gasteiger partial charge in [0.05, 0.1) is 0 Å². The molecule has 4 nitrogen and oxygen atoms in total. The fourth-order valence-electron chi connectivity index (χ4n) is 2.27. The first-order valence-corrected chi connectivity index (χ1v) is 5.37. The molecule has 0 aromatic carbocycles. The summed E-state index contributed by atoms with van der Waals surface area (Å²) in [5, 5.41) is 11.9. The predicted octanol–water partition coefficient (Wildman–Crippen LogP) is 1.11. The molecule has 2 aromatic heterocycles. The van der Waals surface area contributed by atoms with E-state index in [2.05, 4.69) is 32.9 Å². The van der Waals surface area contributed by atoms with Gasteiger partial charge in [-0.25, -0.2) is 0 Å². The second-order valence-electron chi connectivity index (χ2n) is 4.11. The van der Waals surface area contributed by atoms with Crippen LogP contribution in [0.4, 0.5) is 0 Å². The van der Waals surface area contributed by atoms with Crippen LogP contribution in [0, 0.1) is 6.92 Å². The van der Waals surface area contributed by atoms with E-state index in [0.29, 0.717) is 5.92 Å². The second kappa shape index (κ2) is 3.31. The maximum absolute atomic E-state index is 4.31. The van der Waals surface area contributed by atoms with Gasteiger partial charge < -0.3 is 5.32 Å². The molecule has 3 rings (SSSR count). The van der Waals surface area contributed by atoms with Crippen LogP contribution >= 0.6 is 0 Å². The Balaban J connectivity index is 2.18. The minimum absolute atomic E-state index is 0.515. The van der Waals surface area contributed by atoms with Crippen LogP contribution < -0.4 is 5.32 Å². The van der Waals surface area contributed by atoms with Crippen molar-refractivity contribution in [1.82, 2.24) is 19.9 Å². The summed E-state index contributed by atoms with van der Waals surface area (Å²) in [5.74, 6) is 1.62. The van der Waals surface area contributed by atoms with Crippen LogP contribution in [-0.4, -0.2) is 27.7 Å². The highest BCUT2D eigenvalue weighted by molar-refractivity contribution is 5.40. The van der Waals surface area contributed by atoms with Crippen LogP contribution in [-0.2, 0) is 0 Å². The predicted molar refractivity (Wildman–Crippen MR) is 58.0 cm³/mol. The van der Waals surface area contributed by atoms with Gasteiger partial charge in [-0.2, -0.15) is 0 Å². The topological polar surface area (TPSA) is 42.2 Å². The van der Waals surface area contributed by atoms with Crippen LogP contribution in [0.25, 0.3) is 5.65 Å². The van der Waals surface area contributed by atoms with E-state index in [0.717, 1.165) is 31.0 Å². The molecule has 0 radical (unpaired) electrons. The van der Waals surface area contributed by atoms with Gasteiger partial charge in [-0.05, 0) is 32.0 Å². The first-order chi connectivity index (χ1) is 7.36. The summed E-state index contributed by atoms with van der Waals surface area (Å²) in [5.41, 5.74) is 2.16. The van der Waals surface area contributed by atoms with Crippen LogP contribution in [0.1, 0.15) is 23.9 Å². The number of pyridine rings is 1. The first-order valence-electron chi connectivity index (χ1n) is 5.37. The van der Waals surface area contributed by atoms with Gasteiger partial charge in [0.15, 0.2) is 5.65 Å². The molecule has 0 aliphatic carbocycles. The minimum Gasteiger partial charge on any atom is -0.316 e. The highest BCUT2D eigenvalue weighted by Crippen LogP contribution is 2.21. The molecule has 0 amide bonds. The van der Waals surface area contributed by atoms with E-state index in [9.17, 15) is 0 Å². The van der Waals surface area contributed by atoms with Gasteiger partial charge in [0.2, 0.25) is 0 Å². The van der Waals surface area contributed by atoms with E-state index >= 15 is 0 Å². The monoisotopic (exact) mass is 202 g/mol. The van der Waals surface area contributed by atoms with E-state index in [1.54, 1.807) is 0 Å². The van der Waals surface area contributed by atoms with Crippen molar-refractivity contribution < 1.29 is 0 Å². The van der Waals surface area contributed by atoms with Crippen LogP contribution in [0.5, 0.6) is 0 Å². The van der Waals surface area contributed by atoms with E-state index in [1.165, 1.54) is 5.69 Å². The lowest BCUT2D eigenvalue weighted by atomic mass is 10.1. The zero-order valence-electron chi connectivity index (χ0n) is 8.77. The van der Waals surface area contributed by atoms with Crippen molar-refractivity contribution in [1.29, 1.82) is 0 Å². The molecule has 1 N–H and O–H groups in total. The van der Waals surface area contributed by atoms with Crippen molar-refractivity contribution in [2.24, 2.45) is 0 Å². The first kappa shape index (κ1) is 8.85. The summed E-state index contributed by atoms with van der Waals surface area (Å²) in [7, 11) is 0. The molecule has 1 aliphatic heterocycles. The third-order valence-corrected chi connectivity index (χ3v) is 3.07. The summed E-state index contributed by atoms with van der Waals surface area (Å²) in [6.45, 7) is 4.21. The van der Waals surface area contributed by atoms with Crippen molar-refractivity contribution in [3.63, 3.8) is 0 Å². The van der Waals surface area contributed by atoms with Gasteiger partial charge in [0, 0.05) is 18.2 Å². The number of nitrogens with one attached hydrogen (secondary N) is 1. The Morgan fingerprint density at radius 3 is 3.13 bits per heavy atom. The Morgan fingerprint density at radius 1 is 1.40 bits per heavy atom. The van der Waals surface area contributed by atoms with E-state index in [4.69, 9.17) is 0 Å². The Kier molecular flexibility index (Phi) is 1.95. The maximum Gasteiger partial charge on any atom is 0.160 e.